The van der Waals surface area contributed by atoms with Gasteiger partial charge in [0.1, 0.15) is 11.7 Å². The Morgan fingerprint density at radius 2 is 2.22 bits per heavy atom. The van der Waals surface area contributed by atoms with Crippen LogP contribution in [0.1, 0.15) is 30.8 Å². The number of nitrogens with zero attached hydrogens (tertiary/aromatic N) is 1. The van der Waals surface area contributed by atoms with Gasteiger partial charge >= 0.3 is 5.97 Å². The Hall–Kier alpha value is -1.30. The van der Waals surface area contributed by atoms with E-state index in [4.69, 9.17) is 0 Å². The molecular weight excluding hydrogens is 300 g/mol. The van der Waals surface area contributed by atoms with Crippen LogP contribution in [0.4, 0.5) is 0 Å². The molecule has 100 valence electrons. The quantitative estimate of drug-likeness (QED) is 0.845. The Kier molecular flexibility index (Phi) is 5.40. The monoisotopic (exact) mass is 316 g/mol. The molecule has 6 heteroatoms. The van der Waals surface area contributed by atoms with Crippen LogP contribution in [-0.2, 0) is 16.1 Å². The van der Waals surface area contributed by atoms with Crippen LogP contribution in [0.3, 0.4) is 0 Å². The summed E-state index contributed by atoms with van der Waals surface area (Å²) >= 11 is 3.34. The summed E-state index contributed by atoms with van der Waals surface area (Å²) in [7, 11) is 1.29. The van der Waals surface area contributed by atoms with E-state index < -0.39 is 12.0 Å². The van der Waals surface area contributed by atoms with Gasteiger partial charge in [0, 0.05) is 17.2 Å². The maximum absolute atomic E-state index is 12.0. The number of rotatable bonds is 5. The van der Waals surface area contributed by atoms with E-state index in [2.05, 4.69) is 26.0 Å². The average molecular weight is 317 g/mol. The molecule has 1 N–H and O–H groups in total. The molecule has 18 heavy (non-hydrogen) atoms. The summed E-state index contributed by atoms with van der Waals surface area (Å²) in [4.78, 5) is 23.3. The molecule has 0 radical (unpaired) electrons. The number of hydrogen-bond acceptors (Lipinski definition) is 3. The molecule has 1 aromatic rings. The molecular formula is C12H17BrN2O3. The fraction of sp³-hybridized carbons (Fsp3) is 0.500. The zero-order valence-electron chi connectivity index (χ0n) is 10.7. The van der Waals surface area contributed by atoms with E-state index in [9.17, 15) is 9.59 Å². The van der Waals surface area contributed by atoms with E-state index in [1.54, 1.807) is 13.0 Å². The second-order valence-electron chi connectivity index (χ2n) is 3.96. The minimum Gasteiger partial charge on any atom is -0.467 e. The minimum atomic E-state index is -0.661. The van der Waals surface area contributed by atoms with Crippen molar-refractivity contribution in [1.82, 2.24) is 9.88 Å². The molecule has 0 saturated carbocycles. The third-order valence-corrected chi connectivity index (χ3v) is 2.90. The second-order valence-corrected chi connectivity index (χ2v) is 4.87. The number of amides is 1. The van der Waals surface area contributed by atoms with Gasteiger partial charge in [-0.2, -0.15) is 0 Å². The van der Waals surface area contributed by atoms with Crippen LogP contribution < -0.4 is 5.32 Å². The molecule has 1 heterocycles. The van der Waals surface area contributed by atoms with Crippen molar-refractivity contribution in [2.24, 2.45) is 0 Å². The van der Waals surface area contributed by atoms with Gasteiger partial charge in [-0.25, -0.2) is 4.79 Å². The molecule has 0 fully saturated rings. The summed E-state index contributed by atoms with van der Waals surface area (Å²) in [6.45, 7) is 4.37. The number of hydrogen-bond donors (Lipinski definition) is 1. The standard InChI is InChI=1S/C12H17BrN2O3/c1-4-5-15-7-9(13)6-10(15)11(16)14-8(2)12(17)18-3/h6-8H,4-5H2,1-3H3,(H,14,16). The van der Waals surface area contributed by atoms with E-state index in [1.165, 1.54) is 7.11 Å². The minimum absolute atomic E-state index is 0.285. The summed E-state index contributed by atoms with van der Waals surface area (Å²) in [5.41, 5.74) is 0.527. The van der Waals surface area contributed by atoms with Crippen molar-refractivity contribution in [3.8, 4) is 0 Å². The fourth-order valence-corrected chi connectivity index (χ4v) is 2.06. The highest BCUT2D eigenvalue weighted by atomic mass is 79.9. The Labute approximate surface area is 115 Å². The normalized spacial score (nSPS) is 12.0. The first-order valence-electron chi connectivity index (χ1n) is 5.74. The highest BCUT2D eigenvalue weighted by Gasteiger charge is 2.19. The van der Waals surface area contributed by atoms with E-state index in [-0.39, 0.29) is 5.91 Å². The average Bonchev–Trinajstić information content (AvgIpc) is 2.69. The first kappa shape index (κ1) is 14.8. The first-order chi connectivity index (χ1) is 8.49. The Bertz CT molecular complexity index is 443. The van der Waals surface area contributed by atoms with Crippen LogP contribution in [0, 0.1) is 0 Å². The van der Waals surface area contributed by atoms with Gasteiger partial charge in [-0.15, -0.1) is 0 Å². The van der Waals surface area contributed by atoms with Gasteiger partial charge in [-0.05, 0) is 35.3 Å². The smallest absolute Gasteiger partial charge is 0.328 e. The highest BCUT2D eigenvalue weighted by molar-refractivity contribution is 9.10. The zero-order valence-corrected chi connectivity index (χ0v) is 12.3. The Morgan fingerprint density at radius 1 is 1.56 bits per heavy atom. The molecule has 1 atom stereocenters. The van der Waals surface area contributed by atoms with Gasteiger partial charge < -0.3 is 14.6 Å². The topological polar surface area (TPSA) is 60.3 Å². The predicted octanol–water partition coefficient (Wildman–Crippen LogP) is 1.95. The predicted molar refractivity (Wildman–Crippen MR) is 71.4 cm³/mol. The highest BCUT2D eigenvalue weighted by Crippen LogP contribution is 2.15. The van der Waals surface area contributed by atoms with E-state index in [0.717, 1.165) is 17.4 Å². The molecule has 0 aliphatic carbocycles. The lowest BCUT2D eigenvalue weighted by Crippen LogP contribution is -2.39. The lowest BCUT2D eigenvalue weighted by Gasteiger charge is -2.12. The lowest BCUT2D eigenvalue weighted by molar-refractivity contribution is -0.142. The molecule has 0 bridgehead atoms. The summed E-state index contributed by atoms with van der Waals surface area (Å²) in [6.07, 6.45) is 2.77. The summed E-state index contributed by atoms with van der Waals surface area (Å²) < 4.78 is 7.25. The van der Waals surface area contributed by atoms with Crippen molar-refractivity contribution < 1.29 is 14.3 Å². The van der Waals surface area contributed by atoms with Crippen molar-refractivity contribution in [2.75, 3.05) is 7.11 Å². The third-order valence-electron chi connectivity index (χ3n) is 2.46. The second kappa shape index (κ2) is 6.58. The van der Waals surface area contributed by atoms with Crippen molar-refractivity contribution in [2.45, 2.75) is 32.9 Å². The van der Waals surface area contributed by atoms with Crippen LogP contribution in [0.2, 0.25) is 0 Å². The van der Waals surface area contributed by atoms with Crippen molar-refractivity contribution >= 4 is 27.8 Å². The van der Waals surface area contributed by atoms with Crippen molar-refractivity contribution in [1.29, 1.82) is 0 Å². The molecule has 0 aliphatic heterocycles. The number of aryl methyl sites for hydroxylation is 1. The van der Waals surface area contributed by atoms with E-state index in [0.29, 0.717) is 5.69 Å². The van der Waals surface area contributed by atoms with Crippen LogP contribution >= 0.6 is 15.9 Å². The SMILES string of the molecule is CCCn1cc(Br)cc1C(=O)NC(C)C(=O)OC. The zero-order chi connectivity index (χ0) is 13.7. The van der Waals surface area contributed by atoms with Gasteiger partial charge in [0.15, 0.2) is 0 Å². The number of ether oxygens (including phenoxy) is 1. The molecule has 1 aromatic heterocycles. The van der Waals surface area contributed by atoms with Gasteiger partial charge in [-0.3, -0.25) is 4.79 Å². The lowest BCUT2D eigenvalue weighted by atomic mass is 10.3. The number of aromatic nitrogens is 1. The van der Waals surface area contributed by atoms with Gasteiger partial charge in [0.25, 0.3) is 5.91 Å². The fourth-order valence-electron chi connectivity index (χ4n) is 1.60. The summed E-state index contributed by atoms with van der Waals surface area (Å²) in [5, 5.41) is 2.60. The van der Waals surface area contributed by atoms with Crippen LogP contribution in [0.25, 0.3) is 0 Å². The molecule has 0 aromatic carbocycles. The van der Waals surface area contributed by atoms with E-state index >= 15 is 0 Å². The maximum atomic E-state index is 12.0. The number of nitrogens with one attached hydrogen (secondary N) is 1. The maximum Gasteiger partial charge on any atom is 0.328 e. The number of carbonyl (C=O) groups excluding carboxylic acids is 2. The molecule has 0 spiro atoms. The van der Waals surface area contributed by atoms with Crippen LogP contribution in [0.15, 0.2) is 16.7 Å². The van der Waals surface area contributed by atoms with Gasteiger partial charge in [-0.1, -0.05) is 6.92 Å². The molecule has 1 amide bonds. The van der Waals surface area contributed by atoms with Crippen LogP contribution in [0.5, 0.6) is 0 Å². The molecule has 0 saturated heterocycles. The van der Waals surface area contributed by atoms with Gasteiger partial charge in [0.2, 0.25) is 0 Å². The first-order valence-corrected chi connectivity index (χ1v) is 6.53. The molecule has 0 aliphatic rings. The molecule has 1 unspecified atom stereocenters. The Balaban J connectivity index is 2.80. The van der Waals surface area contributed by atoms with E-state index in [1.807, 2.05) is 17.7 Å². The summed E-state index contributed by atoms with van der Waals surface area (Å²) in [6, 6.07) is 1.07. The van der Waals surface area contributed by atoms with Crippen molar-refractivity contribution in [3.05, 3.63) is 22.4 Å². The van der Waals surface area contributed by atoms with Gasteiger partial charge in [0.05, 0.1) is 7.11 Å². The summed E-state index contributed by atoms with van der Waals surface area (Å²) in [5.74, 6) is -0.747. The molecule has 1 rings (SSSR count). The number of halogens is 1. The molecule has 5 nitrogen and oxygen atoms in total. The largest absolute Gasteiger partial charge is 0.467 e. The van der Waals surface area contributed by atoms with Crippen LogP contribution in [-0.4, -0.2) is 29.6 Å². The Morgan fingerprint density at radius 3 is 2.78 bits per heavy atom. The number of methoxy groups -OCH3 is 1. The van der Waals surface area contributed by atoms with Crippen molar-refractivity contribution in [3.63, 3.8) is 0 Å². The number of esters is 1. The third kappa shape index (κ3) is 3.60. The number of carbonyl (C=O) groups is 2.